The molecule has 0 bridgehead atoms. The Morgan fingerprint density at radius 2 is 1.63 bits per heavy atom. The molecular formula is C34H41N5O2. The molecule has 5 rings (SSSR count). The van der Waals surface area contributed by atoms with Crippen LogP contribution in [-0.4, -0.2) is 66.5 Å². The van der Waals surface area contributed by atoms with Gasteiger partial charge >= 0.3 is 6.03 Å². The van der Waals surface area contributed by atoms with Gasteiger partial charge in [-0.2, -0.15) is 0 Å². The molecule has 7 heteroatoms. The summed E-state index contributed by atoms with van der Waals surface area (Å²) in [4.78, 5) is 34.6. The van der Waals surface area contributed by atoms with Crippen molar-refractivity contribution < 1.29 is 9.59 Å². The summed E-state index contributed by atoms with van der Waals surface area (Å²) in [6.45, 7) is 4.29. The number of fused-ring (bicyclic) bond motifs is 1. The van der Waals surface area contributed by atoms with Gasteiger partial charge in [-0.1, -0.05) is 67.6 Å². The molecular weight excluding hydrogens is 510 g/mol. The number of hydrogen-bond acceptors (Lipinski definition) is 3. The second kappa shape index (κ2) is 13.0. The van der Waals surface area contributed by atoms with Crippen LogP contribution < -0.4 is 10.6 Å². The molecule has 0 spiro atoms. The molecule has 2 atom stereocenters. The molecule has 41 heavy (non-hydrogen) atoms. The van der Waals surface area contributed by atoms with Gasteiger partial charge in [0.1, 0.15) is 6.04 Å². The van der Waals surface area contributed by atoms with Crippen molar-refractivity contribution in [2.45, 2.75) is 44.1 Å². The van der Waals surface area contributed by atoms with Crippen molar-refractivity contribution in [1.29, 1.82) is 0 Å². The van der Waals surface area contributed by atoms with Gasteiger partial charge in [-0.3, -0.25) is 4.79 Å². The number of amides is 3. The minimum atomic E-state index is -0.748. The highest BCUT2D eigenvalue weighted by atomic mass is 16.2. The minimum Gasteiger partial charge on any atom is -0.361 e. The van der Waals surface area contributed by atoms with E-state index < -0.39 is 6.04 Å². The van der Waals surface area contributed by atoms with Crippen LogP contribution in [0.25, 0.3) is 10.9 Å². The number of likely N-dealkylation sites (tertiary alicyclic amines) is 1. The fourth-order valence-electron chi connectivity index (χ4n) is 5.76. The summed E-state index contributed by atoms with van der Waals surface area (Å²) in [5.41, 5.74) is 5.27. The Morgan fingerprint density at radius 3 is 2.34 bits per heavy atom. The van der Waals surface area contributed by atoms with Gasteiger partial charge in [0.05, 0.1) is 0 Å². The highest BCUT2D eigenvalue weighted by Gasteiger charge is 2.32. The lowest BCUT2D eigenvalue weighted by molar-refractivity contribution is -0.118. The molecule has 0 radical (unpaired) electrons. The first-order valence-corrected chi connectivity index (χ1v) is 14.6. The molecule has 0 aliphatic carbocycles. The fourth-order valence-corrected chi connectivity index (χ4v) is 5.76. The normalized spacial score (nSPS) is 15.6. The third kappa shape index (κ3) is 6.98. The first-order chi connectivity index (χ1) is 19.9. The third-order valence-corrected chi connectivity index (χ3v) is 8.30. The standard InChI is InChI=1S/C34H41N5O2/c1-24(30-23-35-31-12-8-7-11-29(30)31)32(33(40)36-28-15-13-25(14-16-28)17-20-38(2)3)37-34(41)39-21-18-27(19-22-39)26-9-5-4-6-10-26/h4-16,23-24,27,32,35H,17-22H2,1-3H3,(H,36,40)(H,37,41). The number of H-pyrrole nitrogens is 1. The van der Waals surface area contributed by atoms with Crippen LogP contribution in [0.1, 0.15) is 48.3 Å². The van der Waals surface area contributed by atoms with Crippen LogP contribution in [0, 0.1) is 0 Å². The number of urea groups is 1. The number of nitrogens with one attached hydrogen (secondary N) is 3. The van der Waals surface area contributed by atoms with E-state index in [0.717, 1.165) is 48.0 Å². The van der Waals surface area contributed by atoms with Crippen LogP contribution in [0.3, 0.4) is 0 Å². The summed E-state index contributed by atoms with van der Waals surface area (Å²) in [5, 5.41) is 7.24. The minimum absolute atomic E-state index is 0.192. The largest absolute Gasteiger partial charge is 0.361 e. The van der Waals surface area contributed by atoms with Crippen LogP contribution in [0.15, 0.2) is 85.1 Å². The summed E-state index contributed by atoms with van der Waals surface area (Å²) < 4.78 is 0. The average molecular weight is 552 g/mol. The molecule has 3 amide bonds. The van der Waals surface area contributed by atoms with E-state index in [1.807, 2.05) is 66.6 Å². The van der Waals surface area contributed by atoms with E-state index in [0.29, 0.717) is 19.0 Å². The second-order valence-electron chi connectivity index (χ2n) is 11.4. The van der Waals surface area contributed by atoms with Crippen molar-refractivity contribution in [3.8, 4) is 0 Å². The molecule has 2 heterocycles. The molecule has 1 aliphatic heterocycles. The van der Waals surface area contributed by atoms with Crippen LogP contribution in [-0.2, 0) is 11.2 Å². The number of benzene rings is 3. The topological polar surface area (TPSA) is 80.5 Å². The lowest BCUT2D eigenvalue weighted by atomic mass is 9.89. The smallest absolute Gasteiger partial charge is 0.318 e. The van der Waals surface area contributed by atoms with Gasteiger partial charge in [0.25, 0.3) is 0 Å². The zero-order chi connectivity index (χ0) is 28.8. The number of piperidine rings is 1. The van der Waals surface area contributed by atoms with Crippen molar-refractivity contribution in [2.24, 2.45) is 0 Å². The van der Waals surface area contributed by atoms with Crippen LogP contribution >= 0.6 is 0 Å². The van der Waals surface area contributed by atoms with E-state index >= 15 is 0 Å². The number of nitrogens with zero attached hydrogens (tertiary/aromatic N) is 2. The van der Waals surface area contributed by atoms with Gasteiger partial charge in [0, 0.05) is 48.3 Å². The van der Waals surface area contributed by atoms with Crippen LogP contribution in [0.2, 0.25) is 0 Å². The Bertz CT molecular complexity index is 1440. The molecule has 3 N–H and O–H groups in total. The monoisotopic (exact) mass is 551 g/mol. The number of aromatic amines is 1. The van der Waals surface area contributed by atoms with Gasteiger partial charge in [0.2, 0.25) is 5.91 Å². The van der Waals surface area contributed by atoms with Crippen molar-refractivity contribution in [3.63, 3.8) is 0 Å². The summed E-state index contributed by atoms with van der Waals surface area (Å²) >= 11 is 0. The molecule has 0 saturated carbocycles. The van der Waals surface area contributed by atoms with Gasteiger partial charge in [-0.15, -0.1) is 0 Å². The van der Waals surface area contributed by atoms with Crippen molar-refractivity contribution in [2.75, 3.05) is 39.0 Å². The number of para-hydroxylation sites is 1. The lowest BCUT2D eigenvalue weighted by Gasteiger charge is -2.34. The number of rotatable bonds is 9. The SMILES string of the molecule is CC(c1c[nH]c2ccccc12)C(NC(=O)N1CCC(c2ccccc2)CC1)C(=O)Nc1ccc(CCN(C)C)cc1. The zero-order valence-corrected chi connectivity index (χ0v) is 24.3. The Labute approximate surface area is 242 Å². The van der Waals surface area contributed by atoms with E-state index in [1.54, 1.807) is 0 Å². The molecule has 4 aromatic rings. The van der Waals surface area contributed by atoms with E-state index in [1.165, 1.54) is 11.1 Å². The number of likely N-dealkylation sites (N-methyl/N-ethyl adjacent to an activating group) is 1. The van der Waals surface area contributed by atoms with E-state index in [-0.39, 0.29) is 17.9 Å². The van der Waals surface area contributed by atoms with E-state index in [2.05, 4.69) is 64.9 Å². The molecule has 2 unspecified atom stereocenters. The number of hydrogen-bond donors (Lipinski definition) is 3. The molecule has 214 valence electrons. The van der Waals surface area contributed by atoms with E-state index in [9.17, 15) is 9.59 Å². The second-order valence-corrected chi connectivity index (χ2v) is 11.4. The van der Waals surface area contributed by atoms with Crippen LogP contribution in [0.5, 0.6) is 0 Å². The average Bonchev–Trinajstić information content (AvgIpc) is 3.44. The maximum atomic E-state index is 13.8. The lowest BCUT2D eigenvalue weighted by Crippen LogP contribution is -2.53. The molecule has 3 aromatic carbocycles. The highest BCUT2D eigenvalue weighted by Crippen LogP contribution is 2.30. The van der Waals surface area contributed by atoms with Gasteiger partial charge in [-0.25, -0.2) is 4.79 Å². The molecule has 1 saturated heterocycles. The number of carbonyl (C=O) groups excluding carboxylic acids is 2. The number of carbonyl (C=O) groups is 2. The summed E-state index contributed by atoms with van der Waals surface area (Å²) in [6.07, 6.45) is 4.71. The fraction of sp³-hybridized carbons (Fsp3) is 0.353. The van der Waals surface area contributed by atoms with Gasteiger partial charge in [-0.05, 0) is 74.2 Å². The summed E-state index contributed by atoms with van der Waals surface area (Å²) in [7, 11) is 4.12. The highest BCUT2D eigenvalue weighted by molar-refractivity contribution is 5.98. The third-order valence-electron chi connectivity index (χ3n) is 8.30. The van der Waals surface area contributed by atoms with Crippen molar-refractivity contribution in [3.05, 3.63) is 102 Å². The van der Waals surface area contributed by atoms with Crippen molar-refractivity contribution in [1.82, 2.24) is 20.1 Å². The predicted molar refractivity (Wildman–Crippen MR) is 166 cm³/mol. The first kappa shape index (κ1) is 28.4. The Morgan fingerprint density at radius 1 is 0.951 bits per heavy atom. The Hall–Kier alpha value is -4.10. The molecule has 1 aliphatic rings. The first-order valence-electron chi connectivity index (χ1n) is 14.6. The summed E-state index contributed by atoms with van der Waals surface area (Å²) in [5.74, 6) is -0.0298. The van der Waals surface area contributed by atoms with Gasteiger partial charge < -0.3 is 25.4 Å². The quantitative estimate of drug-likeness (QED) is 0.240. The van der Waals surface area contributed by atoms with Crippen LogP contribution in [0.4, 0.5) is 10.5 Å². The molecule has 1 aromatic heterocycles. The Balaban J connectivity index is 1.30. The van der Waals surface area contributed by atoms with Crippen molar-refractivity contribution >= 4 is 28.5 Å². The molecule has 1 fully saturated rings. The van der Waals surface area contributed by atoms with E-state index in [4.69, 9.17) is 0 Å². The number of aromatic nitrogens is 1. The molecule has 7 nitrogen and oxygen atoms in total. The Kier molecular flexibility index (Phi) is 9.04. The predicted octanol–water partition coefficient (Wildman–Crippen LogP) is 5.97. The number of anilines is 1. The maximum absolute atomic E-state index is 13.8. The summed E-state index contributed by atoms with van der Waals surface area (Å²) in [6, 6.07) is 25.6. The maximum Gasteiger partial charge on any atom is 0.318 e. The zero-order valence-electron chi connectivity index (χ0n) is 24.3. The van der Waals surface area contributed by atoms with Gasteiger partial charge in [0.15, 0.2) is 0 Å².